The SMILES string of the molecule is NNc1cc(N2CCNC(=O)C2)ccn1. The Morgan fingerprint density at radius 1 is 1.60 bits per heavy atom. The predicted molar refractivity (Wildman–Crippen MR) is 57.3 cm³/mol. The number of rotatable bonds is 2. The lowest BCUT2D eigenvalue weighted by molar-refractivity contribution is -0.120. The van der Waals surface area contributed by atoms with Crippen molar-refractivity contribution in [2.24, 2.45) is 5.84 Å². The molecule has 15 heavy (non-hydrogen) atoms. The molecule has 0 spiro atoms. The fraction of sp³-hybridized carbons (Fsp3) is 0.333. The van der Waals surface area contributed by atoms with Gasteiger partial charge in [-0.05, 0) is 6.07 Å². The number of nitrogens with one attached hydrogen (secondary N) is 2. The van der Waals surface area contributed by atoms with Crippen molar-refractivity contribution in [2.75, 3.05) is 30.0 Å². The first-order chi connectivity index (χ1) is 7.29. The molecule has 6 nitrogen and oxygen atoms in total. The molecule has 0 bridgehead atoms. The standard InChI is InChI=1S/C9H13N5O/c10-13-8-5-7(1-2-11-8)14-4-3-12-9(15)6-14/h1-2,5H,3-4,6,10H2,(H,11,13)(H,12,15). The third-order valence-electron chi connectivity index (χ3n) is 2.29. The van der Waals surface area contributed by atoms with Crippen LogP contribution >= 0.6 is 0 Å². The summed E-state index contributed by atoms with van der Waals surface area (Å²) in [5, 5.41) is 2.77. The van der Waals surface area contributed by atoms with E-state index in [1.807, 2.05) is 17.0 Å². The number of hydrazine groups is 1. The topological polar surface area (TPSA) is 83.3 Å². The number of pyridine rings is 1. The highest BCUT2D eigenvalue weighted by molar-refractivity contribution is 5.82. The van der Waals surface area contributed by atoms with E-state index in [2.05, 4.69) is 15.7 Å². The second-order valence-corrected chi connectivity index (χ2v) is 3.32. The molecular formula is C9H13N5O. The van der Waals surface area contributed by atoms with Crippen molar-refractivity contribution in [1.82, 2.24) is 10.3 Å². The van der Waals surface area contributed by atoms with Crippen molar-refractivity contribution < 1.29 is 4.79 Å². The van der Waals surface area contributed by atoms with Gasteiger partial charge in [0.25, 0.3) is 0 Å². The molecule has 2 heterocycles. The van der Waals surface area contributed by atoms with Gasteiger partial charge in [0, 0.05) is 31.0 Å². The average Bonchev–Trinajstić information content (AvgIpc) is 2.29. The van der Waals surface area contributed by atoms with Crippen LogP contribution in [0, 0.1) is 0 Å². The predicted octanol–water partition coefficient (Wildman–Crippen LogP) is -0.697. The minimum absolute atomic E-state index is 0.0420. The Hall–Kier alpha value is -1.82. The van der Waals surface area contributed by atoms with Crippen LogP contribution < -0.4 is 21.5 Å². The lowest BCUT2D eigenvalue weighted by Crippen LogP contribution is -2.47. The van der Waals surface area contributed by atoms with Crippen LogP contribution in [0.4, 0.5) is 11.5 Å². The van der Waals surface area contributed by atoms with Gasteiger partial charge in [-0.25, -0.2) is 10.8 Å². The Labute approximate surface area is 87.4 Å². The number of hydrogen-bond acceptors (Lipinski definition) is 5. The van der Waals surface area contributed by atoms with Crippen LogP contribution in [-0.4, -0.2) is 30.5 Å². The molecule has 0 aliphatic carbocycles. The summed E-state index contributed by atoms with van der Waals surface area (Å²) in [6.45, 7) is 1.86. The van der Waals surface area contributed by atoms with Crippen LogP contribution in [0.1, 0.15) is 0 Å². The van der Waals surface area contributed by atoms with Crippen molar-refractivity contribution >= 4 is 17.4 Å². The quantitative estimate of drug-likeness (QED) is 0.441. The molecule has 1 saturated heterocycles. The molecule has 1 aromatic heterocycles. The zero-order valence-electron chi connectivity index (χ0n) is 8.23. The third kappa shape index (κ3) is 2.16. The number of anilines is 2. The van der Waals surface area contributed by atoms with Crippen molar-refractivity contribution in [3.8, 4) is 0 Å². The molecule has 0 atom stereocenters. The number of piperazine rings is 1. The number of nitrogens with two attached hydrogens (primary N) is 1. The molecule has 0 saturated carbocycles. The lowest BCUT2D eigenvalue weighted by atomic mass is 10.3. The average molecular weight is 207 g/mol. The van der Waals surface area contributed by atoms with Gasteiger partial charge in [0.2, 0.25) is 5.91 Å². The first-order valence-electron chi connectivity index (χ1n) is 4.74. The first kappa shape index (κ1) is 9.72. The van der Waals surface area contributed by atoms with Crippen LogP contribution in [0.15, 0.2) is 18.3 Å². The molecule has 0 radical (unpaired) electrons. The van der Waals surface area contributed by atoms with Gasteiger partial charge in [-0.3, -0.25) is 4.79 Å². The minimum Gasteiger partial charge on any atom is -0.360 e. The van der Waals surface area contributed by atoms with E-state index in [4.69, 9.17) is 5.84 Å². The molecule has 1 aliphatic heterocycles. The number of amides is 1. The van der Waals surface area contributed by atoms with Crippen LogP contribution in [0.25, 0.3) is 0 Å². The number of carbonyl (C=O) groups excluding carboxylic acids is 1. The van der Waals surface area contributed by atoms with E-state index in [9.17, 15) is 4.79 Å². The molecule has 80 valence electrons. The fourth-order valence-corrected chi connectivity index (χ4v) is 1.55. The Bertz CT molecular complexity index is 367. The van der Waals surface area contributed by atoms with Gasteiger partial charge in [0.05, 0.1) is 6.54 Å². The molecule has 2 rings (SSSR count). The monoisotopic (exact) mass is 207 g/mol. The van der Waals surface area contributed by atoms with E-state index in [1.54, 1.807) is 6.20 Å². The molecule has 1 fully saturated rings. The van der Waals surface area contributed by atoms with Gasteiger partial charge in [-0.2, -0.15) is 0 Å². The fourth-order valence-electron chi connectivity index (χ4n) is 1.55. The number of aromatic nitrogens is 1. The molecule has 4 N–H and O–H groups in total. The van der Waals surface area contributed by atoms with Crippen molar-refractivity contribution in [3.05, 3.63) is 18.3 Å². The van der Waals surface area contributed by atoms with Crippen molar-refractivity contribution in [3.63, 3.8) is 0 Å². The maximum Gasteiger partial charge on any atom is 0.239 e. The second kappa shape index (κ2) is 4.14. The molecule has 0 unspecified atom stereocenters. The first-order valence-corrected chi connectivity index (χ1v) is 4.74. The summed E-state index contributed by atoms with van der Waals surface area (Å²) in [4.78, 5) is 17.2. The Balaban J connectivity index is 2.17. The largest absolute Gasteiger partial charge is 0.360 e. The van der Waals surface area contributed by atoms with Gasteiger partial charge < -0.3 is 15.6 Å². The molecule has 1 aliphatic rings. The molecule has 1 amide bonds. The van der Waals surface area contributed by atoms with E-state index < -0.39 is 0 Å². The van der Waals surface area contributed by atoms with Crippen LogP contribution in [-0.2, 0) is 4.79 Å². The van der Waals surface area contributed by atoms with Crippen LogP contribution in [0.2, 0.25) is 0 Å². The van der Waals surface area contributed by atoms with Crippen LogP contribution in [0.5, 0.6) is 0 Å². The van der Waals surface area contributed by atoms with E-state index >= 15 is 0 Å². The zero-order chi connectivity index (χ0) is 10.7. The summed E-state index contributed by atoms with van der Waals surface area (Å²) >= 11 is 0. The summed E-state index contributed by atoms with van der Waals surface area (Å²) < 4.78 is 0. The van der Waals surface area contributed by atoms with Gasteiger partial charge in [0.1, 0.15) is 5.82 Å². The van der Waals surface area contributed by atoms with Crippen LogP contribution in [0.3, 0.4) is 0 Å². The molecule has 1 aromatic rings. The highest BCUT2D eigenvalue weighted by Crippen LogP contribution is 2.16. The van der Waals surface area contributed by atoms with E-state index in [1.165, 1.54) is 0 Å². The molecule has 6 heteroatoms. The smallest absolute Gasteiger partial charge is 0.239 e. The van der Waals surface area contributed by atoms with E-state index in [-0.39, 0.29) is 5.91 Å². The Morgan fingerprint density at radius 3 is 3.20 bits per heavy atom. The summed E-state index contributed by atoms with van der Waals surface area (Å²) in [6.07, 6.45) is 1.66. The highest BCUT2D eigenvalue weighted by atomic mass is 16.2. The highest BCUT2D eigenvalue weighted by Gasteiger charge is 2.16. The Morgan fingerprint density at radius 2 is 2.47 bits per heavy atom. The van der Waals surface area contributed by atoms with Gasteiger partial charge >= 0.3 is 0 Å². The van der Waals surface area contributed by atoms with Gasteiger partial charge in [-0.15, -0.1) is 0 Å². The number of hydrogen-bond donors (Lipinski definition) is 3. The minimum atomic E-state index is 0.0420. The molecular weight excluding hydrogens is 194 g/mol. The van der Waals surface area contributed by atoms with Gasteiger partial charge in [-0.1, -0.05) is 0 Å². The van der Waals surface area contributed by atoms with E-state index in [0.717, 1.165) is 12.2 Å². The van der Waals surface area contributed by atoms with Crippen molar-refractivity contribution in [2.45, 2.75) is 0 Å². The number of nitrogen functional groups attached to an aromatic ring is 1. The normalized spacial score (nSPS) is 16.1. The third-order valence-corrected chi connectivity index (χ3v) is 2.29. The number of carbonyl (C=O) groups is 1. The Kier molecular flexibility index (Phi) is 2.68. The molecule has 0 aromatic carbocycles. The van der Waals surface area contributed by atoms with E-state index in [0.29, 0.717) is 18.9 Å². The lowest BCUT2D eigenvalue weighted by Gasteiger charge is -2.28. The second-order valence-electron chi connectivity index (χ2n) is 3.32. The van der Waals surface area contributed by atoms with Crippen molar-refractivity contribution in [1.29, 1.82) is 0 Å². The summed E-state index contributed by atoms with van der Waals surface area (Å²) in [7, 11) is 0. The van der Waals surface area contributed by atoms with Gasteiger partial charge in [0.15, 0.2) is 0 Å². The number of nitrogens with zero attached hydrogens (tertiary/aromatic N) is 2. The summed E-state index contributed by atoms with van der Waals surface area (Å²) in [5.74, 6) is 5.90. The zero-order valence-corrected chi connectivity index (χ0v) is 8.23. The maximum absolute atomic E-state index is 11.2. The summed E-state index contributed by atoms with van der Waals surface area (Å²) in [6, 6.07) is 3.68. The maximum atomic E-state index is 11.2. The summed E-state index contributed by atoms with van der Waals surface area (Å²) in [5.41, 5.74) is 3.43.